The summed E-state index contributed by atoms with van der Waals surface area (Å²) < 4.78 is 0. The van der Waals surface area contributed by atoms with Crippen LogP contribution in [0.25, 0.3) is 0 Å². The largest absolute Gasteiger partial charge is 0.481 e. The number of guanidine groups is 1. The monoisotopic (exact) mass is 531 g/mol. The molecule has 12 N–H and O–H groups in total. The lowest BCUT2D eigenvalue weighted by Crippen LogP contribution is -2.57. The van der Waals surface area contributed by atoms with Crippen molar-refractivity contribution in [1.82, 2.24) is 16.0 Å². The van der Waals surface area contributed by atoms with E-state index in [2.05, 4.69) is 20.9 Å². The van der Waals surface area contributed by atoms with Crippen LogP contribution in [0.2, 0.25) is 0 Å². The zero-order chi connectivity index (χ0) is 28.7. The third kappa shape index (κ3) is 14.9. The van der Waals surface area contributed by atoms with Gasteiger partial charge in [0.1, 0.15) is 18.1 Å². The number of carboxylic acids is 3. The normalized spacial score (nSPS) is 13.9. The van der Waals surface area contributed by atoms with Gasteiger partial charge in [-0.3, -0.25) is 29.0 Å². The lowest BCUT2D eigenvalue weighted by molar-refractivity contribution is -0.144. The quantitative estimate of drug-likeness (QED) is 0.0495. The summed E-state index contributed by atoms with van der Waals surface area (Å²) in [5.41, 5.74) is 16.1. The van der Waals surface area contributed by atoms with Gasteiger partial charge in [0.25, 0.3) is 0 Å². The van der Waals surface area contributed by atoms with Crippen molar-refractivity contribution in [2.45, 2.75) is 76.5 Å². The van der Waals surface area contributed by atoms with Gasteiger partial charge >= 0.3 is 17.9 Å². The van der Waals surface area contributed by atoms with Crippen molar-refractivity contribution < 1.29 is 44.1 Å². The summed E-state index contributed by atoms with van der Waals surface area (Å²) in [4.78, 5) is 75.2. The van der Waals surface area contributed by atoms with Crippen LogP contribution in [-0.2, 0) is 28.8 Å². The van der Waals surface area contributed by atoms with E-state index in [9.17, 15) is 39.0 Å². The Kier molecular flexibility index (Phi) is 14.9. The molecule has 0 aromatic heterocycles. The van der Waals surface area contributed by atoms with Gasteiger partial charge in [-0.1, -0.05) is 13.8 Å². The summed E-state index contributed by atoms with van der Waals surface area (Å²) in [6.45, 7) is 3.60. The fourth-order valence-corrected chi connectivity index (χ4v) is 3.08. The second kappa shape index (κ2) is 16.7. The topological polar surface area (TPSA) is 290 Å². The van der Waals surface area contributed by atoms with E-state index in [1.54, 1.807) is 13.8 Å². The second-order valence-electron chi connectivity index (χ2n) is 8.74. The first-order valence-corrected chi connectivity index (χ1v) is 11.5. The lowest BCUT2D eigenvalue weighted by Gasteiger charge is -2.25. The number of aliphatic imine (C=N–C) groups is 1. The van der Waals surface area contributed by atoms with E-state index in [0.29, 0.717) is 0 Å². The molecule has 0 aromatic rings. The Labute approximate surface area is 213 Å². The van der Waals surface area contributed by atoms with Crippen LogP contribution in [0.3, 0.4) is 0 Å². The highest BCUT2D eigenvalue weighted by Gasteiger charge is 2.32. The fourth-order valence-electron chi connectivity index (χ4n) is 3.08. The van der Waals surface area contributed by atoms with Gasteiger partial charge in [0.2, 0.25) is 17.7 Å². The average molecular weight is 532 g/mol. The van der Waals surface area contributed by atoms with Gasteiger partial charge in [0.05, 0.1) is 12.5 Å². The highest BCUT2D eigenvalue weighted by Crippen LogP contribution is 2.08. The number of carbonyl (C=O) groups is 6. The second-order valence-corrected chi connectivity index (χ2v) is 8.74. The van der Waals surface area contributed by atoms with Crippen LogP contribution in [0, 0.1) is 5.92 Å². The predicted molar refractivity (Wildman–Crippen MR) is 130 cm³/mol. The molecule has 3 amide bonds. The lowest BCUT2D eigenvalue weighted by atomic mass is 10.0. The van der Waals surface area contributed by atoms with Gasteiger partial charge in [-0.2, -0.15) is 0 Å². The van der Waals surface area contributed by atoms with Crippen LogP contribution in [0.5, 0.6) is 0 Å². The van der Waals surface area contributed by atoms with Crippen molar-refractivity contribution in [3.63, 3.8) is 0 Å². The number of carboxylic acid groups (broad SMARTS) is 3. The molecule has 0 rings (SSSR count). The minimum absolute atomic E-state index is 0.0775. The SMILES string of the molecule is CC(C)CC(NC(=O)C(N)CCC(=O)O)C(=O)NC(CC(=O)O)C(=O)NC(CCCN=C(N)N)C(=O)O. The maximum absolute atomic E-state index is 12.9. The Balaban J connectivity index is 5.48. The van der Waals surface area contributed by atoms with E-state index in [0.717, 1.165) is 0 Å². The molecule has 0 aliphatic heterocycles. The number of hydrogen-bond donors (Lipinski definition) is 9. The molecule has 210 valence electrons. The Bertz CT molecular complexity index is 859. The first-order chi connectivity index (χ1) is 17.1. The van der Waals surface area contributed by atoms with E-state index >= 15 is 0 Å². The maximum Gasteiger partial charge on any atom is 0.326 e. The molecule has 37 heavy (non-hydrogen) atoms. The van der Waals surface area contributed by atoms with Gasteiger partial charge in [0, 0.05) is 13.0 Å². The zero-order valence-corrected chi connectivity index (χ0v) is 20.8. The summed E-state index contributed by atoms with van der Waals surface area (Å²) in [6, 6.07) is -5.50. The number of aliphatic carboxylic acids is 3. The molecule has 16 heteroatoms. The van der Waals surface area contributed by atoms with Crippen molar-refractivity contribution >= 4 is 41.6 Å². The molecular weight excluding hydrogens is 494 g/mol. The highest BCUT2D eigenvalue weighted by molar-refractivity contribution is 5.95. The zero-order valence-electron chi connectivity index (χ0n) is 20.8. The van der Waals surface area contributed by atoms with Crippen molar-refractivity contribution in [2.24, 2.45) is 28.1 Å². The summed E-state index contributed by atoms with van der Waals surface area (Å²) >= 11 is 0. The number of carbonyl (C=O) groups excluding carboxylic acids is 3. The number of nitrogens with one attached hydrogen (secondary N) is 3. The van der Waals surface area contributed by atoms with E-state index in [1.165, 1.54) is 0 Å². The summed E-state index contributed by atoms with van der Waals surface area (Å²) in [6.07, 6.45) is -1.21. The minimum Gasteiger partial charge on any atom is -0.481 e. The van der Waals surface area contributed by atoms with Crippen LogP contribution >= 0.6 is 0 Å². The molecule has 0 aromatic carbocycles. The van der Waals surface area contributed by atoms with Crippen molar-refractivity contribution in [3.05, 3.63) is 0 Å². The smallest absolute Gasteiger partial charge is 0.326 e. The van der Waals surface area contributed by atoms with Crippen LogP contribution in [0.15, 0.2) is 4.99 Å². The molecule has 0 aliphatic carbocycles. The maximum atomic E-state index is 12.9. The highest BCUT2D eigenvalue weighted by atomic mass is 16.4. The Morgan fingerprint density at radius 1 is 0.784 bits per heavy atom. The molecular formula is C21H37N7O9. The Hall–Kier alpha value is -3.95. The molecule has 4 unspecified atom stereocenters. The summed E-state index contributed by atoms with van der Waals surface area (Å²) in [5.74, 6) is -7.05. The Morgan fingerprint density at radius 3 is 1.81 bits per heavy atom. The molecule has 0 radical (unpaired) electrons. The number of nitrogens with two attached hydrogens (primary N) is 3. The molecule has 0 heterocycles. The Morgan fingerprint density at radius 2 is 1.32 bits per heavy atom. The molecule has 4 atom stereocenters. The van der Waals surface area contributed by atoms with Crippen molar-refractivity contribution in [3.8, 4) is 0 Å². The van der Waals surface area contributed by atoms with Gasteiger partial charge < -0.3 is 48.5 Å². The molecule has 0 bridgehead atoms. The molecule has 0 saturated heterocycles. The minimum atomic E-state index is -1.66. The summed E-state index contributed by atoms with van der Waals surface area (Å²) in [7, 11) is 0. The van der Waals surface area contributed by atoms with E-state index in [-0.39, 0.29) is 50.5 Å². The van der Waals surface area contributed by atoms with Gasteiger partial charge in [-0.25, -0.2) is 4.79 Å². The van der Waals surface area contributed by atoms with E-state index < -0.39 is 66.2 Å². The third-order valence-electron chi connectivity index (χ3n) is 4.92. The first-order valence-electron chi connectivity index (χ1n) is 11.5. The molecule has 16 nitrogen and oxygen atoms in total. The molecule has 0 saturated carbocycles. The molecule has 0 fully saturated rings. The van der Waals surface area contributed by atoms with E-state index in [1.807, 2.05) is 0 Å². The van der Waals surface area contributed by atoms with Crippen LogP contribution in [-0.4, -0.2) is 87.6 Å². The number of hydrogen-bond acceptors (Lipinski definition) is 8. The van der Waals surface area contributed by atoms with Gasteiger partial charge in [-0.15, -0.1) is 0 Å². The number of rotatable bonds is 18. The van der Waals surface area contributed by atoms with Crippen LogP contribution in [0.4, 0.5) is 0 Å². The fraction of sp³-hybridized carbons (Fsp3) is 0.667. The first kappa shape index (κ1) is 33.0. The average Bonchev–Trinajstić information content (AvgIpc) is 2.77. The van der Waals surface area contributed by atoms with Gasteiger partial charge in [0.15, 0.2) is 5.96 Å². The third-order valence-corrected chi connectivity index (χ3v) is 4.92. The van der Waals surface area contributed by atoms with Gasteiger partial charge in [-0.05, 0) is 31.6 Å². The van der Waals surface area contributed by atoms with Crippen LogP contribution in [0.1, 0.15) is 52.4 Å². The number of amides is 3. The predicted octanol–water partition coefficient (Wildman–Crippen LogP) is -2.71. The number of nitrogens with zero attached hydrogens (tertiary/aromatic N) is 1. The van der Waals surface area contributed by atoms with Crippen LogP contribution < -0.4 is 33.2 Å². The van der Waals surface area contributed by atoms with Crippen molar-refractivity contribution in [1.29, 1.82) is 0 Å². The van der Waals surface area contributed by atoms with E-state index in [4.69, 9.17) is 22.3 Å². The van der Waals surface area contributed by atoms with Crippen molar-refractivity contribution in [2.75, 3.05) is 6.54 Å². The standard InChI is InChI=1S/C21H37N7O9/c1-10(2)8-13(27-17(33)11(22)5-6-15(29)30)18(34)28-14(9-16(31)32)19(35)26-12(20(36)37)4-3-7-25-21(23)24/h10-14H,3-9,22H2,1-2H3,(H,26,35)(H,27,33)(H,28,34)(H,29,30)(H,31,32)(H,36,37)(H4,23,24,25). The molecule has 0 aliphatic rings. The molecule has 0 spiro atoms. The summed E-state index contributed by atoms with van der Waals surface area (Å²) in [5, 5.41) is 34.2.